The second kappa shape index (κ2) is 9.58. The third-order valence-electron chi connectivity index (χ3n) is 4.28. The molecule has 1 N–H and O–H groups in total. The Hall–Kier alpha value is -2.84. The molecule has 1 fully saturated rings. The molecule has 0 bridgehead atoms. The molecule has 0 unspecified atom stereocenters. The first kappa shape index (κ1) is 22.4. The zero-order valence-corrected chi connectivity index (χ0v) is 17.7. The van der Waals surface area contributed by atoms with Gasteiger partial charge in [0.05, 0.1) is 12.2 Å². The van der Waals surface area contributed by atoms with Crippen molar-refractivity contribution < 1.29 is 23.9 Å². The molecule has 1 atom stereocenters. The molecule has 0 saturated carbocycles. The van der Waals surface area contributed by atoms with Gasteiger partial charge in [-0.25, -0.2) is 14.6 Å². The van der Waals surface area contributed by atoms with Gasteiger partial charge in [0.2, 0.25) is 5.91 Å². The van der Waals surface area contributed by atoms with E-state index in [1.165, 1.54) is 6.20 Å². The second-order valence-electron chi connectivity index (χ2n) is 7.81. The highest BCUT2D eigenvalue weighted by Crippen LogP contribution is 2.15. The van der Waals surface area contributed by atoms with E-state index < -0.39 is 23.7 Å². The number of ether oxygens (including phenoxy) is 2. The lowest BCUT2D eigenvalue weighted by Gasteiger charge is -2.36. The van der Waals surface area contributed by atoms with Crippen molar-refractivity contribution in [2.45, 2.75) is 46.3 Å². The minimum Gasteiger partial charge on any atom is -0.462 e. The number of amides is 2. The van der Waals surface area contributed by atoms with Crippen molar-refractivity contribution in [3.05, 3.63) is 23.9 Å². The molecule has 1 aliphatic rings. The Kier molecular flexibility index (Phi) is 7.41. The highest BCUT2D eigenvalue weighted by Gasteiger charge is 2.27. The van der Waals surface area contributed by atoms with E-state index >= 15 is 0 Å². The van der Waals surface area contributed by atoms with E-state index in [2.05, 4.69) is 10.3 Å². The van der Waals surface area contributed by atoms with E-state index in [0.29, 0.717) is 38.3 Å². The van der Waals surface area contributed by atoms with Gasteiger partial charge in [0.15, 0.2) is 0 Å². The molecule has 2 rings (SSSR count). The molecule has 9 heteroatoms. The van der Waals surface area contributed by atoms with Crippen molar-refractivity contribution in [3.63, 3.8) is 0 Å². The van der Waals surface area contributed by atoms with Crippen LogP contribution in [0, 0.1) is 0 Å². The summed E-state index contributed by atoms with van der Waals surface area (Å²) in [5.74, 6) is 0.194. The molecule has 160 valence electrons. The van der Waals surface area contributed by atoms with Gasteiger partial charge in [-0.2, -0.15) is 0 Å². The van der Waals surface area contributed by atoms with Crippen LogP contribution in [-0.4, -0.2) is 72.3 Å². The van der Waals surface area contributed by atoms with Crippen LogP contribution in [0.5, 0.6) is 0 Å². The van der Waals surface area contributed by atoms with E-state index in [-0.39, 0.29) is 5.91 Å². The number of anilines is 1. The van der Waals surface area contributed by atoms with E-state index in [1.807, 2.05) is 4.90 Å². The van der Waals surface area contributed by atoms with Crippen molar-refractivity contribution in [1.29, 1.82) is 0 Å². The lowest BCUT2D eigenvalue weighted by atomic mass is 10.2. The number of hydrogen-bond donors (Lipinski definition) is 1. The number of esters is 1. The molecular weight excluding hydrogens is 376 g/mol. The van der Waals surface area contributed by atoms with Gasteiger partial charge >= 0.3 is 12.1 Å². The number of nitrogens with zero attached hydrogens (tertiary/aromatic N) is 3. The van der Waals surface area contributed by atoms with Gasteiger partial charge in [0, 0.05) is 32.4 Å². The lowest BCUT2D eigenvalue weighted by Crippen LogP contribution is -2.54. The van der Waals surface area contributed by atoms with Gasteiger partial charge in [-0.3, -0.25) is 4.79 Å². The van der Waals surface area contributed by atoms with Crippen LogP contribution in [0.3, 0.4) is 0 Å². The van der Waals surface area contributed by atoms with Crippen molar-refractivity contribution in [2.24, 2.45) is 0 Å². The first-order valence-electron chi connectivity index (χ1n) is 9.77. The molecule has 0 aromatic carbocycles. The van der Waals surface area contributed by atoms with Crippen molar-refractivity contribution in [3.8, 4) is 0 Å². The summed E-state index contributed by atoms with van der Waals surface area (Å²) in [5, 5.41) is 2.58. The van der Waals surface area contributed by atoms with E-state index in [9.17, 15) is 14.4 Å². The van der Waals surface area contributed by atoms with Gasteiger partial charge < -0.3 is 24.6 Å². The van der Waals surface area contributed by atoms with Gasteiger partial charge in [0.25, 0.3) is 0 Å². The third-order valence-corrected chi connectivity index (χ3v) is 4.28. The highest BCUT2D eigenvalue weighted by atomic mass is 16.6. The molecule has 1 saturated heterocycles. The number of nitrogens with one attached hydrogen (secondary N) is 1. The summed E-state index contributed by atoms with van der Waals surface area (Å²) in [7, 11) is 0. The van der Waals surface area contributed by atoms with Crippen molar-refractivity contribution >= 4 is 23.8 Å². The molecule has 1 aromatic heterocycles. The summed E-state index contributed by atoms with van der Waals surface area (Å²) in [5.41, 5.74) is -0.208. The summed E-state index contributed by atoms with van der Waals surface area (Å²) >= 11 is 0. The molecule has 0 aliphatic carbocycles. The lowest BCUT2D eigenvalue weighted by molar-refractivity contribution is -0.133. The summed E-state index contributed by atoms with van der Waals surface area (Å²) < 4.78 is 10.1. The fourth-order valence-corrected chi connectivity index (χ4v) is 2.88. The van der Waals surface area contributed by atoms with Crippen LogP contribution in [0.1, 0.15) is 45.0 Å². The van der Waals surface area contributed by atoms with Crippen LogP contribution in [-0.2, 0) is 14.3 Å². The Morgan fingerprint density at radius 2 is 1.83 bits per heavy atom. The number of aromatic nitrogens is 1. The minimum atomic E-state index is -0.668. The maximum atomic E-state index is 12.6. The van der Waals surface area contributed by atoms with Gasteiger partial charge in [-0.15, -0.1) is 0 Å². The fourth-order valence-electron chi connectivity index (χ4n) is 2.88. The van der Waals surface area contributed by atoms with E-state index in [0.717, 1.165) is 5.82 Å². The molecule has 2 heterocycles. The van der Waals surface area contributed by atoms with Crippen molar-refractivity contribution in [2.75, 3.05) is 37.7 Å². The zero-order valence-electron chi connectivity index (χ0n) is 17.7. The predicted molar refractivity (Wildman–Crippen MR) is 108 cm³/mol. The first-order valence-corrected chi connectivity index (χ1v) is 9.77. The molecule has 9 nitrogen and oxygen atoms in total. The van der Waals surface area contributed by atoms with E-state index in [1.54, 1.807) is 51.7 Å². The number of carbonyl (C=O) groups excluding carboxylic acids is 3. The topological polar surface area (TPSA) is 101 Å². The predicted octanol–water partition coefficient (Wildman–Crippen LogP) is 1.82. The van der Waals surface area contributed by atoms with Gasteiger partial charge in [0.1, 0.15) is 17.5 Å². The first-order chi connectivity index (χ1) is 13.6. The second-order valence-corrected chi connectivity index (χ2v) is 7.81. The summed E-state index contributed by atoms with van der Waals surface area (Å²) in [6.07, 6.45) is 0.889. The molecule has 0 radical (unpaired) electrons. The molecule has 29 heavy (non-hydrogen) atoms. The SMILES string of the molecule is CCOC(=O)c1ccc(N2CCN(C(=O)[C@@H](C)NC(=O)OC(C)(C)C)CC2)nc1. The van der Waals surface area contributed by atoms with Gasteiger partial charge in [-0.05, 0) is 46.8 Å². The van der Waals surface area contributed by atoms with Crippen LogP contribution < -0.4 is 10.2 Å². The molecule has 1 aliphatic heterocycles. The molecule has 0 spiro atoms. The standard InChI is InChI=1S/C20H30N4O5/c1-6-28-18(26)15-7-8-16(21-13-15)23-9-11-24(12-10-23)17(25)14(2)22-19(27)29-20(3,4)5/h7-8,13-14H,6,9-12H2,1-5H3,(H,22,27)/t14-/m1/s1. The number of pyridine rings is 1. The Balaban J connectivity index is 1.85. The smallest absolute Gasteiger partial charge is 0.408 e. The number of piperazine rings is 1. The van der Waals surface area contributed by atoms with Crippen LogP contribution in [0.25, 0.3) is 0 Å². The van der Waals surface area contributed by atoms with Crippen molar-refractivity contribution in [1.82, 2.24) is 15.2 Å². The average molecular weight is 406 g/mol. The van der Waals surface area contributed by atoms with Gasteiger partial charge in [-0.1, -0.05) is 0 Å². The van der Waals surface area contributed by atoms with Crippen LogP contribution >= 0.6 is 0 Å². The van der Waals surface area contributed by atoms with Crippen LogP contribution in [0.2, 0.25) is 0 Å². The normalized spacial score (nSPS) is 15.5. The number of hydrogen-bond acceptors (Lipinski definition) is 7. The third kappa shape index (κ3) is 6.62. The highest BCUT2D eigenvalue weighted by molar-refractivity contribution is 5.89. The number of carbonyl (C=O) groups is 3. The molecule has 1 aromatic rings. The Morgan fingerprint density at radius 1 is 1.17 bits per heavy atom. The van der Waals surface area contributed by atoms with E-state index in [4.69, 9.17) is 9.47 Å². The van der Waals surface area contributed by atoms with Crippen LogP contribution in [0.4, 0.5) is 10.6 Å². The largest absolute Gasteiger partial charge is 0.462 e. The Bertz CT molecular complexity index is 721. The summed E-state index contributed by atoms with van der Waals surface area (Å²) in [6.45, 7) is 11.3. The molecular formula is C20H30N4O5. The quantitative estimate of drug-likeness (QED) is 0.744. The summed E-state index contributed by atoms with van der Waals surface area (Å²) in [6, 6.07) is 2.79. The van der Waals surface area contributed by atoms with Crippen LogP contribution in [0.15, 0.2) is 18.3 Å². The number of rotatable bonds is 5. The molecule has 2 amide bonds. The number of alkyl carbamates (subject to hydrolysis) is 1. The zero-order chi connectivity index (χ0) is 21.6. The fraction of sp³-hybridized carbons (Fsp3) is 0.600. The maximum absolute atomic E-state index is 12.6. The minimum absolute atomic E-state index is 0.152. The maximum Gasteiger partial charge on any atom is 0.408 e. The monoisotopic (exact) mass is 406 g/mol. The Labute approximate surface area is 171 Å². The Morgan fingerprint density at radius 3 is 2.34 bits per heavy atom. The summed E-state index contributed by atoms with van der Waals surface area (Å²) in [4.78, 5) is 44.3. The average Bonchev–Trinajstić information content (AvgIpc) is 2.66.